The second kappa shape index (κ2) is 8.48. The lowest BCUT2D eigenvalue weighted by atomic mass is 10.2. The number of amides is 1. The Bertz CT molecular complexity index is 1040. The number of carbonyl (C=O) groups excluding carboxylic acids is 1. The number of nitrogens with one attached hydrogen (secondary N) is 2. The van der Waals surface area contributed by atoms with Gasteiger partial charge in [0.15, 0.2) is 0 Å². The third-order valence-electron chi connectivity index (χ3n) is 4.34. The van der Waals surface area contributed by atoms with Gasteiger partial charge in [0.25, 0.3) is 5.91 Å². The van der Waals surface area contributed by atoms with Gasteiger partial charge in [0.2, 0.25) is 10.0 Å². The van der Waals surface area contributed by atoms with E-state index < -0.39 is 15.9 Å². The van der Waals surface area contributed by atoms with Crippen molar-refractivity contribution in [2.24, 2.45) is 0 Å². The van der Waals surface area contributed by atoms with E-state index in [0.717, 1.165) is 12.8 Å². The van der Waals surface area contributed by atoms with E-state index in [-0.39, 0.29) is 22.3 Å². The first kappa shape index (κ1) is 21.2. The Hall–Kier alpha value is -2.49. The molecule has 0 aliphatic heterocycles. The minimum Gasteiger partial charge on any atom is -0.495 e. The van der Waals surface area contributed by atoms with E-state index in [0.29, 0.717) is 22.2 Å². The van der Waals surface area contributed by atoms with Crippen molar-refractivity contribution in [3.05, 3.63) is 40.9 Å². The van der Waals surface area contributed by atoms with Gasteiger partial charge < -0.3 is 19.5 Å². The highest BCUT2D eigenvalue weighted by Crippen LogP contribution is 2.36. The van der Waals surface area contributed by atoms with Crippen molar-refractivity contribution >= 4 is 33.2 Å². The summed E-state index contributed by atoms with van der Waals surface area (Å²) >= 11 is 6.08. The lowest BCUT2D eigenvalue weighted by Gasteiger charge is -2.14. The van der Waals surface area contributed by atoms with E-state index in [1.54, 1.807) is 0 Å². The molecule has 3 rings (SSSR count). The molecule has 156 valence electrons. The molecule has 0 unspecified atom stereocenters. The molecular formula is C19H21ClN2O6S. The zero-order valence-corrected chi connectivity index (χ0v) is 17.7. The molecule has 29 heavy (non-hydrogen) atoms. The minimum absolute atomic E-state index is 0.0759. The van der Waals surface area contributed by atoms with E-state index in [2.05, 4.69) is 10.0 Å². The summed E-state index contributed by atoms with van der Waals surface area (Å²) in [6.45, 7) is 0. The van der Waals surface area contributed by atoms with Crippen LogP contribution in [-0.2, 0) is 10.0 Å². The van der Waals surface area contributed by atoms with Crippen molar-refractivity contribution in [3.8, 4) is 17.2 Å². The zero-order chi connectivity index (χ0) is 21.2. The molecule has 8 nitrogen and oxygen atoms in total. The Morgan fingerprint density at radius 2 is 1.66 bits per heavy atom. The second-order valence-corrected chi connectivity index (χ2v) is 8.49. The van der Waals surface area contributed by atoms with Crippen molar-refractivity contribution in [2.75, 3.05) is 26.6 Å². The van der Waals surface area contributed by atoms with Crippen LogP contribution >= 0.6 is 11.6 Å². The van der Waals surface area contributed by atoms with E-state index in [4.69, 9.17) is 25.8 Å². The Morgan fingerprint density at radius 3 is 2.24 bits per heavy atom. The highest BCUT2D eigenvalue weighted by molar-refractivity contribution is 7.89. The van der Waals surface area contributed by atoms with Crippen LogP contribution in [0.15, 0.2) is 35.2 Å². The maximum atomic E-state index is 12.8. The maximum Gasteiger partial charge on any atom is 0.255 e. The molecule has 0 atom stereocenters. The number of sulfonamides is 1. The van der Waals surface area contributed by atoms with E-state index in [9.17, 15) is 13.2 Å². The van der Waals surface area contributed by atoms with Gasteiger partial charge >= 0.3 is 0 Å². The molecule has 1 fully saturated rings. The number of ether oxygens (including phenoxy) is 3. The number of benzene rings is 2. The Balaban J connectivity index is 1.93. The van der Waals surface area contributed by atoms with Gasteiger partial charge in [-0.3, -0.25) is 4.79 Å². The lowest BCUT2D eigenvalue weighted by Crippen LogP contribution is -2.26. The molecule has 0 aromatic heterocycles. The van der Waals surface area contributed by atoms with Gasteiger partial charge in [-0.15, -0.1) is 0 Å². The Morgan fingerprint density at radius 1 is 1.00 bits per heavy atom. The largest absolute Gasteiger partial charge is 0.495 e. The third-order valence-corrected chi connectivity index (χ3v) is 6.17. The monoisotopic (exact) mass is 440 g/mol. The number of anilines is 1. The predicted molar refractivity (Wildman–Crippen MR) is 109 cm³/mol. The molecule has 2 aromatic rings. The summed E-state index contributed by atoms with van der Waals surface area (Å²) in [4.78, 5) is 12.7. The fourth-order valence-electron chi connectivity index (χ4n) is 2.66. The van der Waals surface area contributed by atoms with E-state index in [1.807, 2.05) is 0 Å². The van der Waals surface area contributed by atoms with Crippen LogP contribution in [0.3, 0.4) is 0 Å². The van der Waals surface area contributed by atoms with Crippen LogP contribution in [-0.4, -0.2) is 41.7 Å². The molecule has 0 saturated heterocycles. The summed E-state index contributed by atoms with van der Waals surface area (Å²) in [5.41, 5.74) is 0.466. The molecule has 1 aliphatic carbocycles. The fraction of sp³-hybridized carbons (Fsp3) is 0.316. The normalized spacial score (nSPS) is 13.7. The van der Waals surface area contributed by atoms with Crippen LogP contribution in [0.25, 0.3) is 0 Å². The van der Waals surface area contributed by atoms with Gasteiger partial charge in [-0.2, -0.15) is 0 Å². The van der Waals surface area contributed by atoms with Crippen LogP contribution in [0.1, 0.15) is 23.2 Å². The number of methoxy groups -OCH3 is 3. The lowest BCUT2D eigenvalue weighted by molar-refractivity contribution is 0.102. The summed E-state index contributed by atoms with van der Waals surface area (Å²) in [6, 6.07) is 7.15. The van der Waals surface area contributed by atoms with E-state index >= 15 is 0 Å². The van der Waals surface area contributed by atoms with Crippen LogP contribution in [0.5, 0.6) is 17.2 Å². The SMILES string of the molecule is COc1cc(NC(=O)c2ccc(OC)c(S(=O)(=O)NC3CC3)c2)c(OC)cc1Cl. The van der Waals surface area contributed by atoms with Gasteiger partial charge in [0, 0.05) is 23.7 Å². The molecule has 0 spiro atoms. The quantitative estimate of drug-likeness (QED) is 0.654. The number of carbonyl (C=O) groups is 1. The Labute approximate surface area is 174 Å². The topological polar surface area (TPSA) is 103 Å². The van der Waals surface area contributed by atoms with Crippen molar-refractivity contribution in [1.29, 1.82) is 0 Å². The van der Waals surface area contributed by atoms with Crippen molar-refractivity contribution < 1.29 is 27.4 Å². The van der Waals surface area contributed by atoms with Crippen LogP contribution in [0, 0.1) is 0 Å². The third kappa shape index (κ3) is 4.75. The minimum atomic E-state index is -3.81. The average molecular weight is 441 g/mol. The summed E-state index contributed by atoms with van der Waals surface area (Å²) in [7, 11) is 0.447. The molecule has 1 aliphatic rings. The first-order valence-electron chi connectivity index (χ1n) is 8.72. The number of hydrogen-bond donors (Lipinski definition) is 2. The Kier molecular flexibility index (Phi) is 6.21. The highest BCUT2D eigenvalue weighted by Gasteiger charge is 2.30. The van der Waals surface area contributed by atoms with Gasteiger partial charge in [-0.1, -0.05) is 11.6 Å². The molecule has 2 aromatic carbocycles. The fourth-order valence-corrected chi connectivity index (χ4v) is 4.40. The number of halogens is 1. The molecule has 1 amide bonds. The molecule has 2 N–H and O–H groups in total. The molecule has 0 heterocycles. The summed E-state index contributed by atoms with van der Waals surface area (Å²) in [6.07, 6.45) is 1.58. The highest BCUT2D eigenvalue weighted by atomic mass is 35.5. The first-order valence-corrected chi connectivity index (χ1v) is 10.6. The average Bonchev–Trinajstić information content (AvgIpc) is 3.51. The van der Waals surface area contributed by atoms with Crippen LogP contribution in [0.2, 0.25) is 5.02 Å². The number of hydrogen-bond acceptors (Lipinski definition) is 6. The molecular weight excluding hydrogens is 420 g/mol. The summed E-state index contributed by atoms with van der Waals surface area (Å²) in [5.74, 6) is 0.314. The van der Waals surface area contributed by atoms with Crippen molar-refractivity contribution in [1.82, 2.24) is 4.72 Å². The zero-order valence-electron chi connectivity index (χ0n) is 16.1. The van der Waals surface area contributed by atoms with Crippen molar-refractivity contribution in [2.45, 2.75) is 23.8 Å². The van der Waals surface area contributed by atoms with Crippen LogP contribution < -0.4 is 24.2 Å². The molecule has 0 bridgehead atoms. The smallest absolute Gasteiger partial charge is 0.255 e. The van der Waals surface area contributed by atoms with Gasteiger partial charge in [-0.05, 0) is 31.0 Å². The maximum absolute atomic E-state index is 12.8. The molecule has 1 saturated carbocycles. The molecule has 10 heteroatoms. The standard InChI is InChI=1S/C19H21ClN2O6S/c1-26-15-7-4-11(8-18(15)29(24,25)22-12-5-6-12)19(23)21-14-10-16(27-2)13(20)9-17(14)28-3/h4,7-10,12,22H,5-6H2,1-3H3,(H,21,23). The molecule has 0 radical (unpaired) electrons. The van der Waals surface area contributed by atoms with E-state index in [1.165, 1.54) is 51.7 Å². The van der Waals surface area contributed by atoms with Gasteiger partial charge in [0.1, 0.15) is 22.1 Å². The first-order chi connectivity index (χ1) is 13.8. The van der Waals surface area contributed by atoms with Gasteiger partial charge in [-0.25, -0.2) is 13.1 Å². The van der Waals surface area contributed by atoms with Crippen LogP contribution in [0.4, 0.5) is 5.69 Å². The predicted octanol–water partition coefficient (Wildman–Crippen LogP) is 3.06. The second-order valence-electron chi connectivity index (χ2n) is 6.40. The summed E-state index contributed by atoms with van der Waals surface area (Å²) < 4.78 is 43.4. The van der Waals surface area contributed by atoms with Gasteiger partial charge in [0.05, 0.1) is 32.0 Å². The number of rotatable bonds is 8. The van der Waals surface area contributed by atoms with Crippen molar-refractivity contribution in [3.63, 3.8) is 0 Å². The summed E-state index contributed by atoms with van der Waals surface area (Å²) in [5, 5.41) is 3.02.